The van der Waals surface area contributed by atoms with Gasteiger partial charge in [0.25, 0.3) is 5.91 Å². The molecule has 2 aromatic carbocycles. The van der Waals surface area contributed by atoms with Gasteiger partial charge in [0.1, 0.15) is 11.4 Å². The van der Waals surface area contributed by atoms with Crippen molar-refractivity contribution in [2.45, 2.75) is 64.3 Å². The van der Waals surface area contributed by atoms with Crippen LogP contribution in [0.2, 0.25) is 0 Å². The Labute approximate surface area is 209 Å². The number of amides is 1. The summed E-state index contributed by atoms with van der Waals surface area (Å²) < 4.78 is 8.10. The van der Waals surface area contributed by atoms with E-state index in [1.807, 2.05) is 30.3 Å². The molecule has 5 nitrogen and oxygen atoms in total. The van der Waals surface area contributed by atoms with Crippen LogP contribution < -0.4 is 10.1 Å². The van der Waals surface area contributed by atoms with Gasteiger partial charge in [-0.2, -0.15) is 0 Å². The van der Waals surface area contributed by atoms with E-state index in [0.717, 1.165) is 48.5 Å². The second-order valence-electron chi connectivity index (χ2n) is 10.4. The minimum atomic E-state index is 0.00300. The number of nitrogens with one attached hydrogen (secondary N) is 1. The normalized spacial score (nSPS) is 19.3. The molecule has 2 aliphatic rings. The second-order valence-corrected chi connectivity index (χ2v) is 10.4. The van der Waals surface area contributed by atoms with E-state index >= 15 is 0 Å². The van der Waals surface area contributed by atoms with Gasteiger partial charge in [0.2, 0.25) is 0 Å². The van der Waals surface area contributed by atoms with Gasteiger partial charge in [0, 0.05) is 30.2 Å². The molecule has 1 N–H and O–H groups in total. The quantitative estimate of drug-likeness (QED) is 0.377. The first kappa shape index (κ1) is 23.9. The largest absolute Gasteiger partial charge is 0.494 e. The highest BCUT2D eigenvalue weighted by Gasteiger charge is 2.20. The third-order valence-corrected chi connectivity index (χ3v) is 7.86. The minimum Gasteiger partial charge on any atom is -0.494 e. The van der Waals surface area contributed by atoms with E-state index in [1.165, 1.54) is 51.5 Å². The zero-order chi connectivity index (χ0) is 24.0. The molecule has 186 valence electrons. The fraction of sp³-hybridized carbons (Fsp3) is 0.500. The molecule has 0 spiro atoms. The number of carbonyl (C=O) groups excluding carboxylic acids is 1. The fourth-order valence-electron chi connectivity index (χ4n) is 5.79. The number of benzene rings is 2. The lowest BCUT2D eigenvalue weighted by atomic mass is 9.89. The van der Waals surface area contributed by atoms with Crippen LogP contribution in [0.25, 0.3) is 16.6 Å². The van der Waals surface area contributed by atoms with Crippen molar-refractivity contribution in [3.63, 3.8) is 0 Å². The second kappa shape index (κ2) is 11.3. The number of rotatable bonds is 9. The molecule has 5 heteroatoms. The highest BCUT2D eigenvalue weighted by atomic mass is 16.5. The van der Waals surface area contributed by atoms with Crippen molar-refractivity contribution in [2.24, 2.45) is 5.92 Å². The number of aromatic nitrogens is 1. The van der Waals surface area contributed by atoms with Crippen LogP contribution in [0.4, 0.5) is 0 Å². The van der Waals surface area contributed by atoms with Crippen LogP contribution in [-0.2, 0) is 0 Å². The lowest BCUT2D eigenvalue weighted by Gasteiger charge is -2.22. The van der Waals surface area contributed by atoms with E-state index < -0.39 is 0 Å². The van der Waals surface area contributed by atoms with Crippen molar-refractivity contribution in [1.82, 2.24) is 14.8 Å². The van der Waals surface area contributed by atoms with Crippen LogP contribution in [0.15, 0.2) is 54.6 Å². The molecule has 5 rings (SSSR count). The van der Waals surface area contributed by atoms with Crippen molar-refractivity contribution >= 4 is 16.8 Å². The van der Waals surface area contributed by atoms with Gasteiger partial charge in [-0.05, 0) is 87.9 Å². The predicted octanol–water partition coefficient (Wildman–Crippen LogP) is 6.19. The molecule has 1 aromatic heterocycles. The average molecular weight is 474 g/mol. The number of hydrogen-bond donors (Lipinski definition) is 1. The number of nitrogens with zero attached hydrogens (tertiary/aromatic N) is 2. The highest BCUT2D eigenvalue weighted by molar-refractivity contribution is 6.00. The Kier molecular flexibility index (Phi) is 7.72. The van der Waals surface area contributed by atoms with Crippen LogP contribution >= 0.6 is 0 Å². The Balaban J connectivity index is 1.26. The Hall–Kier alpha value is -2.79. The average Bonchev–Trinajstić information content (AvgIpc) is 3.49. The summed E-state index contributed by atoms with van der Waals surface area (Å²) in [5.74, 6) is 1.49. The molecule has 0 unspecified atom stereocenters. The van der Waals surface area contributed by atoms with Crippen LogP contribution in [0.5, 0.6) is 5.75 Å². The SMILES string of the molecule is C[C@@H]1CCCN1CCCOc1ccc(-n2c(C(=O)NCC3CCCCC3)cc3ccccc32)cc1. The summed E-state index contributed by atoms with van der Waals surface area (Å²) in [6, 6.07) is 19.1. The molecule has 2 fully saturated rings. The van der Waals surface area contributed by atoms with Gasteiger partial charge >= 0.3 is 0 Å². The molecule has 35 heavy (non-hydrogen) atoms. The van der Waals surface area contributed by atoms with Crippen molar-refractivity contribution in [1.29, 1.82) is 0 Å². The maximum Gasteiger partial charge on any atom is 0.268 e. The lowest BCUT2D eigenvalue weighted by molar-refractivity contribution is 0.0937. The van der Waals surface area contributed by atoms with Gasteiger partial charge in [-0.3, -0.25) is 4.79 Å². The third-order valence-electron chi connectivity index (χ3n) is 7.86. The van der Waals surface area contributed by atoms with Crippen LogP contribution in [-0.4, -0.2) is 47.7 Å². The Bertz CT molecular complexity index is 1110. The molecule has 1 atom stereocenters. The lowest BCUT2D eigenvalue weighted by Crippen LogP contribution is -2.31. The summed E-state index contributed by atoms with van der Waals surface area (Å²) >= 11 is 0. The number of carbonyl (C=O) groups is 1. The molecular formula is C30H39N3O2. The summed E-state index contributed by atoms with van der Waals surface area (Å²) in [5, 5.41) is 4.30. The topological polar surface area (TPSA) is 46.5 Å². The first-order valence-corrected chi connectivity index (χ1v) is 13.5. The third kappa shape index (κ3) is 5.72. The van der Waals surface area contributed by atoms with Gasteiger partial charge in [-0.15, -0.1) is 0 Å². The monoisotopic (exact) mass is 473 g/mol. The van der Waals surface area contributed by atoms with Crippen molar-refractivity contribution in [3.05, 3.63) is 60.3 Å². The van der Waals surface area contributed by atoms with Gasteiger partial charge in [0.15, 0.2) is 0 Å². The summed E-state index contributed by atoms with van der Waals surface area (Å²) in [4.78, 5) is 15.8. The first-order chi connectivity index (χ1) is 17.2. The van der Waals surface area contributed by atoms with Crippen molar-refractivity contribution in [2.75, 3.05) is 26.2 Å². The molecule has 1 saturated carbocycles. The molecule has 1 amide bonds. The minimum absolute atomic E-state index is 0.00300. The molecule has 3 aromatic rings. The molecule has 0 bridgehead atoms. The summed E-state index contributed by atoms with van der Waals surface area (Å²) in [6.45, 7) is 6.14. The zero-order valence-corrected chi connectivity index (χ0v) is 21.0. The predicted molar refractivity (Wildman–Crippen MR) is 143 cm³/mol. The molecule has 1 aliphatic heterocycles. The van der Waals surface area contributed by atoms with Crippen LogP contribution in [0.3, 0.4) is 0 Å². The Morgan fingerprint density at radius 2 is 1.80 bits per heavy atom. The van der Waals surface area contributed by atoms with Crippen molar-refractivity contribution in [3.8, 4) is 11.4 Å². The van der Waals surface area contributed by atoms with Gasteiger partial charge in [-0.25, -0.2) is 0 Å². The number of fused-ring (bicyclic) bond motifs is 1. The standard InChI is InChI=1S/C30H39N3O2/c1-23-9-7-18-32(23)19-8-20-35-27-16-14-26(15-17-27)33-28-13-6-5-12-25(28)21-29(33)30(34)31-22-24-10-3-2-4-11-24/h5-6,12-17,21,23-24H,2-4,7-11,18-20,22H2,1H3,(H,31,34)/t23-/m1/s1. The summed E-state index contributed by atoms with van der Waals surface area (Å²) in [7, 11) is 0. The zero-order valence-electron chi connectivity index (χ0n) is 21.0. The maximum absolute atomic E-state index is 13.3. The summed E-state index contributed by atoms with van der Waals surface area (Å²) in [6.07, 6.45) is 10.0. The number of para-hydroxylation sites is 1. The molecule has 2 heterocycles. The van der Waals surface area contributed by atoms with E-state index in [0.29, 0.717) is 17.7 Å². The maximum atomic E-state index is 13.3. The Morgan fingerprint density at radius 3 is 2.57 bits per heavy atom. The Morgan fingerprint density at radius 1 is 1.00 bits per heavy atom. The van der Waals surface area contributed by atoms with E-state index in [4.69, 9.17) is 4.74 Å². The van der Waals surface area contributed by atoms with Gasteiger partial charge in [0.05, 0.1) is 12.1 Å². The molecule has 1 saturated heterocycles. The van der Waals surface area contributed by atoms with Crippen LogP contribution in [0, 0.1) is 5.92 Å². The first-order valence-electron chi connectivity index (χ1n) is 13.5. The van der Waals surface area contributed by atoms with Gasteiger partial charge in [-0.1, -0.05) is 37.5 Å². The number of likely N-dealkylation sites (tertiary alicyclic amines) is 1. The van der Waals surface area contributed by atoms with Crippen LogP contribution in [0.1, 0.15) is 68.8 Å². The fourth-order valence-corrected chi connectivity index (χ4v) is 5.79. The van der Waals surface area contributed by atoms with Crippen molar-refractivity contribution < 1.29 is 9.53 Å². The summed E-state index contributed by atoms with van der Waals surface area (Å²) in [5.41, 5.74) is 2.71. The van der Waals surface area contributed by atoms with E-state index in [9.17, 15) is 4.79 Å². The smallest absolute Gasteiger partial charge is 0.268 e. The molecule has 1 aliphatic carbocycles. The van der Waals surface area contributed by atoms with Gasteiger partial charge < -0.3 is 19.5 Å². The highest BCUT2D eigenvalue weighted by Crippen LogP contribution is 2.27. The number of hydrogen-bond acceptors (Lipinski definition) is 3. The van der Waals surface area contributed by atoms with E-state index in [1.54, 1.807) is 0 Å². The van der Waals surface area contributed by atoms with E-state index in [-0.39, 0.29) is 5.91 Å². The molecular weight excluding hydrogens is 434 g/mol. The van der Waals surface area contributed by atoms with E-state index in [2.05, 4.69) is 46.0 Å². The molecule has 0 radical (unpaired) electrons. The number of ether oxygens (including phenoxy) is 1.